The lowest BCUT2D eigenvalue weighted by atomic mass is 10.1. The summed E-state index contributed by atoms with van der Waals surface area (Å²) in [5, 5.41) is 5.44. The third kappa shape index (κ3) is 5.47. The predicted octanol–water partition coefficient (Wildman–Crippen LogP) is 3.83. The Labute approximate surface area is 165 Å². The second-order valence-electron chi connectivity index (χ2n) is 6.76. The van der Waals surface area contributed by atoms with E-state index in [1.165, 1.54) is 4.88 Å². The average Bonchev–Trinajstić information content (AvgIpc) is 3.38. The van der Waals surface area contributed by atoms with Crippen LogP contribution in [0.2, 0.25) is 0 Å². The fourth-order valence-corrected chi connectivity index (χ4v) is 3.96. The van der Waals surface area contributed by atoms with Gasteiger partial charge in [0.05, 0.1) is 7.11 Å². The monoisotopic (exact) mass is 388 g/mol. The van der Waals surface area contributed by atoms with Crippen LogP contribution in [-0.2, 0) is 17.9 Å². The first-order chi connectivity index (χ1) is 13.2. The first-order valence-corrected chi connectivity index (χ1v) is 10.4. The average molecular weight is 389 g/mol. The van der Waals surface area contributed by atoms with Gasteiger partial charge in [-0.15, -0.1) is 11.3 Å². The SMILES string of the molecule is CCN(Cc1ccc(OCc2cccs2)c(OC)c1)C(=O)CC1CCCN1. The van der Waals surface area contributed by atoms with E-state index in [2.05, 4.69) is 11.4 Å². The van der Waals surface area contributed by atoms with E-state index >= 15 is 0 Å². The van der Waals surface area contributed by atoms with Crippen LogP contribution in [0.1, 0.15) is 36.6 Å². The van der Waals surface area contributed by atoms with E-state index in [0.717, 1.165) is 30.7 Å². The quantitative estimate of drug-likeness (QED) is 0.709. The maximum atomic E-state index is 12.6. The molecule has 3 rings (SSSR count). The highest BCUT2D eigenvalue weighted by Crippen LogP contribution is 2.30. The highest BCUT2D eigenvalue weighted by Gasteiger charge is 2.21. The minimum absolute atomic E-state index is 0.203. The molecule has 0 radical (unpaired) electrons. The van der Waals surface area contributed by atoms with E-state index in [-0.39, 0.29) is 5.91 Å². The van der Waals surface area contributed by atoms with Crippen LogP contribution in [0.15, 0.2) is 35.7 Å². The van der Waals surface area contributed by atoms with Crippen LogP contribution in [0.4, 0.5) is 0 Å². The molecule has 1 N–H and O–H groups in total. The number of carbonyl (C=O) groups excluding carboxylic acids is 1. The molecule has 0 aliphatic carbocycles. The van der Waals surface area contributed by atoms with Crippen LogP contribution >= 0.6 is 11.3 Å². The van der Waals surface area contributed by atoms with Gasteiger partial charge in [-0.1, -0.05) is 12.1 Å². The molecule has 5 nitrogen and oxygen atoms in total. The van der Waals surface area contributed by atoms with Crippen molar-refractivity contribution in [3.8, 4) is 11.5 Å². The Balaban J connectivity index is 1.61. The van der Waals surface area contributed by atoms with Crippen LogP contribution in [0, 0.1) is 0 Å². The summed E-state index contributed by atoms with van der Waals surface area (Å²) < 4.78 is 11.4. The third-order valence-corrected chi connectivity index (χ3v) is 5.72. The van der Waals surface area contributed by atoms with Crippen molar-refractivity contribution in [2.24, 2.45) is 0 Å². The number of nitrogens with one attached hydrogen (secondary N) is 1. The fraction of sp³-hybridized carbons (Fsp3) is 0.476. The molecule has 27 heavy (non-hydrogen) atoms. The lowest BCUT2D eigenvalue weighted by molar-refractivity contribution is -0.132. The zero-order chi connectivity index (χ0) is 19.1. The molecule has 2 aromatic rings. The summed E-state index contributed by atoms with van der Waals surface area (Å²) in [6, 6.07) is 10.3. The smallest absolute Gasteiger partial charge is 0.224 e. The molecule has 1 aliphatic heterocycles. The molecule has 1 atom stereocenters. The zero-order valence-corrected chi connectivity index (χ0v) is 16.9. The Morgan fingerprint density at radius 1 is 1.33 bits per heavy atom. The number of carbonyl (C=O) groups is 1. The molecule has 1 amide bonds. The number of methoxy groups -OCH3 is 1. The van der Waals surface area contributed by atoms with Gasteiger partial charge in [-0.25, -0.2) is 0 Å². The standard InChI is InChI=1S/C21H28N2O3S/c1-3-23(21(24)13-17-6-4-10-22-17)14-16-8-9-19(20(12-16)25-2)26-15-18-7-5-11-27-18/h5,7-9,11-12,17,22H,3-4,6,10,13-15H2,1-2H3. The maximum Gasteiger partial charge on any atom is 0.224 e. The number of thiophene rings is 1. The van der Waals surface area contributed by atoms with E-state index < -0.39 is 0 Å². The van der Waals surface area contributed by atoms with Crippen molar-refractivity contribution in [1.82, 2.24) is 10.2 Å². The first-order valence-electron chi connectivity index (χ1n) is 9.53. The van der Waals surface area contributed by atoms with Crippen molar-refractivity contribution in [2.75, 3.05) is 20.2 Å². The lowest BCUT2D eigenvalue weighted by Crippen LogP contribution is -2.35. The molecule has 1 saturated heterocycles. The molecular weight excluding hydrogens is 360 g/mol. The van der Waals surface area contributed by atoms with Crippen molar-refractivity contribution in [3.05, 3.63) is 46.2 Å². The molecule has 1 aliphatic rings. The molecule has 0 spiro atoms. The lowest BCUT2D eigenvalue weighted by Gasteiger charge is -2.23. The molecule has 0 bridgehead atoms. The molecule has 6 heteroatoms. The third-order valence-electron chi connectivity index (χ3n) is 4.87. The Bertz CT molecular complexity index is 727. The van der Waals surface area contributed by atoms with Crippen molar-refractivity contribution in [3.63, 3.8) is 0 Å². The Hall–Kier alpha value is -2.05. The summed E-state index contributed by atoms with van der Waals surface area (Å²) in [7, 11) is 1.64. The van der Waals surface area contributed by atoms with Gasteiger partial charge in [-0.2, -0.15) is 0 Å². The number of rotatable bonds is 9. The van der Waals surface area contributed by atoms with Gasteiger partial charge in [0.1, 0.15) is 6.61 Å². The highest BCUT2D eigenvalue weighted by atomic mass is 32.1. The first kappa shape index (κ1) is 19.7. The molecule has 146 valence electrons. The van der Waals surface area contributed by atoms with Crippen molar-refractivity contribution >= 4 is 17.2 Å². The van der Waals surface area contributed by atoms with Crippen LogP contribution in [-0.4, -0.2) is 37.0 Å². The van der Waals surface area contributed by atoms with E-state index in [4.69, 9.17) is 9.47 Å². The van der Waals surface area contributed by atoms with E-state index in [0.29, 0.717) is 37.9 Å². The zero-order valence-electron chi connectivity index (χ0n) is 16.1. The summed E-state index contributed by atoms with van der Waals surface area (Å²) in [5.41, 5.74) is 1.05. The second-order valence-corrected chi connectivity index (χ2v) is 7.79. The van der Waals surface area contributed by atoms with Gasteiger partial charge in [0.2, 0.25) is 5.91 Å². The molecule has 1 unspecified atom stereocenters. The van der Waals surface area contributed by atoms with Gasteiger partial charge < -0.3 is 19.7 Å². The summed E-state index contributed by atoms with van der Waals surface area (Å²) in [6.07, 6.45) is 2.83. The Morgan fingerprint density at radius 3 is 2.89 bits per heavy atom. The molecular formula is C21H28N2O3S. The van der Waals surface area contributed by atoms with E-state index in [1.807, 2.05) is 41.5 Å². The Morgan fingerprint density at radius 2 is 2.22 bits per heavy atom. The summed E-state index contributed by atoms with van der Waals surface area (Å²) in [5.74, 6) is 1.62. The number of ether oxygens (including phenoxy) is 2. The second kappa shape index (κ2) is 9.76. The Kier molecular flexibility index (Phi) is 7.12. The maximum absolute atomic E-state index is 12.6. The summed E-state index contributed by atoms with van der Waals surface area (Å²) in [4.78, 5) is 15.7. The highest BCUT2D eigenvalue weighted by molar-refractivity contribution is 7.09. The van der Waals surface area contributed by atoms with Gasteiger partial charge in [-0.05, 0) is 55.5 Å². The molecule has 1 fully saturated rings. The number of hydrogen-bond donors (Lipinski definition) is 1. The largest absolute Gasteiger partial charge is 0.493 e. The van der Waals surface area contributed by atoms with Crippen molar-refractivity contribution < 1.29 is 14.3 Å². The number of amides is 1. The van der Waals surface area contributed by atoms with Gasteiger partial charge in [0.25, 0.3) is 0 Å². The van der Waals surface area contributed by atoms with Gasteiger partial charge in [0.15, 0.2) is 11.5 Å². The molecule has 1 aromatic carbocycles. The number of nitrogens with zero attached hydrogens (tertiary/aromatic N) is 1. The van der Waals surface area contributed by atoms with Gasteiger partial charge in [0, 0.05) is 30.4 Å². The van der Waals surface area contributed by atoms with Crippen molar-refractivity contribution in [1.29, 1.82) is 0 Å². The number of hydrogen-bond acceptors (Lipinski definition) is 5. The van der Waals surface area contributed by atoms with E-state index in [1.54, 1.807) is 18.4 Å². The summed E-state index contributed by atoms with van der Waals surface area (Å²) >= 11 is 1.67. The van der Waals surface area contributed by atoms with Crippen molar-refractivity contribution in [2.45, 2.75) is 45.4 Å². The predicted molar refractivity (Wildman–Crippen MR) is 108 cm³/mol. The fourth-order valence-electron chi connectivity index (χ4n) is 3.34. The molecule has 1 aromatic heterocycles. The molecule has 0 saturated carbocycles. The van der Waals surface area contributed by atoms with Crippen LogP contribution in [0.3, 0.4) is 0 Å². The van der Waals surface area contributed by atoms with Crippen LogP contribution in [0.5, 0.6) is 11.5 Å². The van der Waals surface area contributed by atoms with E-state index in [9.17, 15) is 4.79 Å². The minimum Gasteiger partial charge on any atom is -0.493 e. The molecule has 2 heterocycles. The minimum atomic E-state index is 0.203. The van der Waals surface area contributed by atoms with Gasteiger partial charge in [-0.3, -0.25) is 4.79 Å². The number of benzene rings is 1. The normalized spacial score (nSPS) is 16.3. The van der Waals surface area contributed by atoms with Crippen LogP contribution < -0.4 is 14.8 Å². The van der Waals surface area contributed by atoms with Crippen LogP contribution in [0.25, 0.3) is 0 Å². The summed E-state index contributed by atoms with van der Waals surface area (Å²) in [6.45, 7) is 4.86. The van der Waals surface area contributed by atoms with Gasteiger partial charge >= 0.3 is 0 Å². The topological polar surface area (TPSA) is 50.8 Å².